The van der Waals surface area contributed by atoms with E-state index in [1.807, 2.05) is 13.8 Å². The van der Waals surface area contributed by atoms with Gasteiger partial charge in [0.05, 0.1) is 21.7 Å². The molecule has 14 heavy (non-hydrogen) atoms. The zero-order valence-corrected chi connectivity index (χ0v) is 8.97. The fourth-order valence-electron chi connectivity index (χ4n) is 1.25. The van der Waals surface area contributed by atoms with E-state index in [1.54, 1.807) is 0 Å². The number of carbonyl (C=O) groups is 1. The second-order valence-electron chi connectivity index (χ2n) is 3.13. The molecule has 1 heterocycles. The Balaban J connectivity index is 2.64. The Kier molecular flexibility index (Phi) is 3.60. The van der Waals surface area contributed by atoms with Gasteiger partial charge in [0.2, 0.25) is 0 Å². The third kappa shape index (κ3) is 2.78. The molecule has 0 aliphatic rings. The summed E-state index contributed by atoms with van der Waals surface area (Å²) in [6.07, 6.45) is -0.465. The summed E-state index contributed by atoms with van der Waals surface area (Å²) < 4.78 is 0. The van der Waals surface area contributed by atoms with Gasteiger partial charge in [-0.3, -0.25) is 4.79 Å². The number of aliphatic hydroxyl groups excluding tert-OH is 1. The highest BCUT2D eigenvalue weighted by molar-refractivity contribution is 7.11. The first-order valence-electron chi connectivity index (χ1n) is 4.34. The topological polar surface area (TPSA) is 70.4 Å². The highest BCUT2D eigenvalue weighted by atomic mass is 32.1. The Labute approximate surface area is 86.2 Å². The highest BCUT2D eigenvalue weighted by Crippen LogP contribution is 2.27. The summed E-state index contributed by atoms with van der Waals surface area (Å²) in [7, 11) is 0. The van der Waals surface area contributed by atoms with Crippen molar-refractivity contribution in [3.63, 3.8) is 0 Å². The minimum atomic E-state index is -0.886. The van der Waals surface area contributed by atoms with E-state index >= 15 is 0 Å². The lowest BCUT2D eigenvalue weighted by Gasteiger charge is -2.06. The fraction of sp³-hybridized carbons (Fsp3) is 0.556. The Hall–Kier alpha value is -0.940. The molecule has 0 amide bonds. The average molecular weight is 215 g/mol. The van der Waals surface area contributed by atoms with Gasteiger partial charge in [0.1, 0.15) is 0 Å². The van der Waals surface area contributed by atoms with Crippen LogP contribution in [-0.2, 0) is 4.79 Å². The predicted octanol–water partition coefficient (Wildman–Crippen LogP) is 1.66. The van der Waals surface area contributed by atoms with Crippen LogP contribution in [0.1, 0.15) is 34.5 Å². The molecule has 0 aromatic carbocycles. The number of aliphatic carboxylic acids is 1. The summed E-state index contributed by atoms with van der Waals surface area (Å²) in [5.41, 5.74) is 0.797. The number of aryl methyl sites for hydroxylation is 2. The van der Waals surface area contributed by atoms with E-state index in [-0.39, 0.29) is 12.8 Å². The number of nitrogens with zero attached hydrogens (tertiary/aromatic N) is 1. The lowest BCUT2D eigenvalue weighted by Crippen LogP contribution is -2.02. The number of aliphatic hydroxyl groups is 1. The number of hydrogen-bond acceptors (Lipinski definition) is 4. The zero-order chi connectivity index (χ0) is 10.7. The molecule has 4 nitrogen and oxygen atoms in total. The van der Waals surface area contributed by atoms with Gasteiger partial charge in [0.15, 0.2) is 0 Å². The van der Waals surface area contributed by atoms with Gasteiger partial charge in [-0.15, -0.1) is 11.3 Å². The molecule has 1 unspecified atom stereocenters. The number of rotatable bonds is 4. The van der Waals surface area contributed by atoms with Crippen molar-refractivity contribution in [3.8, 4) is 0 Å². The van der Waals surface area contributed by atoms with Gasteiger partial charge in [-0.05, 0) is 20.3 Å². The minimum absolute atomic E-state index is 0.0163. The first-order chi connectivity index (χ1) is 6.50. The number of carboxylic acid groups (broad SMARTS) is 1. The van der Waals surface area contributed by atoms with E-state index in [2.05, 4.69) is 4.98 Å². The minimum Gasteiger partial charge on any atom is -0.481 e. The summed E-state index contributed by atoms with van der Waals surface area (Å²) >= 11 is 1.42. The van der Waals surface area contributed by atoms with Crippen LogP contribution in [0, 0.1) is 13.8 Å². The molecule has 0 bridgehead atoms. The van der Waals surface area contributed by atoms with Crippen LogP contribution in [0.2, 0.25) is 0 Å². The second kappa shape index (κ2) is 4.52. The molecule has 0 spiro atoms. The van der Waals surface area contributed by atoms with Crippen LogP contribution in [0.4, 0.5) is 0 Å². The molecular weight excluding hydrogens is 202 g/mol. The first-order valence-corrected chi connectivity index (χ1v) is 5.16. The van der Waals surface area contributed by atoms with E-state index in [1.165, 1.54) is 11.3 Å². The van der Waals surface area contributed by atoms with E-state index in [0.29, 0.717) is 0 Å². The summed E-state index contributed by atoms with van der Waals surface area (Å²) in [6, 6.07) is 0. The van der Waals surface area contributed by atoms with Crippen LogP contribution in [0.3, 0.4) is 0 Å². The van der Waals surface area contributed by atoms with Crippen LogP contribution >= 0.6 is 11.3 Å². The van der Waals surface area contributed by atoms with E-state index in [4.69, 9.17) is 5.11 Å². The van der Waals surface area contributed by atoms with E-state index < -0.39 is 12.1 Å². The van der Waals surface area contributed by atoms with Crippen molar-refractivity contribution >= 4 is 17.3 Å². The summed E-state index contributed by atoms with van der Waals surface area (Å²) in [5.74, 6) is -0.886. The number of thiazole rings is 1. The summed E-state index contributed by atoms with van der Waals surface area (Å²) in [6.45, 7) is 3.69. The van der Waals surface area contributed by atoms with Gasteiger partial charge in [0, 0.05) is 6.42 Å². The molecule has 1 atom stereocenters. The third-order valence-electron chi connectivity index (χ3n) is 1.87. The second-order valence-corrected chi connectivity index (χ2v) is 4.37. The number of carboxylic acids is 1. The van der Waals surface area contributed by atoms with Crippen LogP contribution < -0.4 is 0 Å². The van der Waals surface area contributed by atoms with Crippen molar-refractivity contribution in [3.05, 3.63) is 15.6 Å². The number of hydrogen-bond donors (Lipinski definition) is 2. The van der Waals surface area contributed by atoms with Gasteiger partial charge in [-0.25, -0.2) is 4.98 Å². The molecule has 0 saturated heterocycles. The quantitative estimate of drug-likeness (QED) is 0.801. The van der Waals surface area contributed by atoms with Crippen LogP contribution in [-0.4, -0.2) is 21.2 Å². The van der Waals surface area contributed by atoms with E-state index in [9.17, 15) is 9.90 Å². The zero-order valence-electron chi connectivity index (χ0n) is 8.15. The van der Waals surface area contributed by atoms with Gasteiger partial charge < -0.3 is 10.2 Å². The molecule has 0 saturated carbocycles. The molecule has 1 aromatic heterocycles. The van der Waals surface area contributed by atoms with Crippen molar-refractivity contribution < 1.29 is 15.0 Å². The SMILES string of the molecule is Cc1nc(C)c(C(O)CCC(=O)O)s1. The molecule has 5 heteroatoms. The van der Waals surface area contributed by atoms with Crippen LogP contribution in [0.15, 0.2) is 0 Å². The molecule has 78 valence electrons. The maximum atomic E-state index is 10.3. The lowest BCUT2D eigenvalue weighted by atomic mass is 10.1. The van der Waals surface area contributed by atoms with Crippen molar-refractivity contribution in [1.29, 1.82) is 0 Å². The fourth-order valence-corrected chi connectivity index (χ4v) is 2.20. The van der Waals surface area contributed by atoms with Crippen molar-refractivity contribution in [2.45, 2.75) is 32.8 Å². The normalized spacial score (nSPS) is 12.8. The summed E-state index contributed by atoms with van der Waals surface area (Å²) in [5, 5.41) is 19.0. The Morgan fingerprint density at radius 3 is 2.64 bits per heavy atom. The molecule has 1 aromatic rings. The first kappa shape index (κ1) is 11.1. The maximum Gasteiger partial charge on any atom is 0.303 e. The predicted molar refractivity (Wildman–Crippen MR) is 53.4 cm³/mol. The molecule has 0 aliphatic carbocycles. The molecule has 1 rings (SSSR count). The van der Waals surface area contributed by atoms with Crippen molar-refractivity contribution in [2.75, 3.05) is 0 Å². The van der Waals surface area contributed by atoms with Gasteiger partial charge in [0.25, 0.3) is 0 Å². The van der Waals surface area contributed by atoms with Crippen molar-refractivity contribution in [1.82, 2.24) is 4.98 Å². The van der Waals surface area contributed by atoms with Gasteiger partial charge >= 0.3 is 5.97 Å². The largest absolute Gasteiger partial charge is 0.481 e. The summed E-state index contributed by atoms with van der Waals surface area (Å²) in [4.78, 5) is 15.3. The molecule has 0 aliphatic heterocycles. The van der Waals surface area contributed by atoms with Gasteiger partial charge in [-0.1, -0.05) is 0 Å². The van der Waals surface area contributed by atoms with E-state index in [0.717, 1.165) is 15.6 Å². The smallest absolute Gasteiger partial charge is 0.303 e. The highest BCUT2D eigenvalue weighted by Gasteiger charge is 2.15. The van der Waals surface area contributed by atoms with Crippen molar-refractivity contribution in [2.24, 2.45) is 0 Å². The monoisotopic (exact) mass is 215 g/mol. The Morgan fingerprint density at radius 1 is 1.57 bits per heavy atom. The Morgan fingerprint density at radius 2 is 2.21 bits per heavy atom. The van der Waals surface area contributed by atoms with Gasteiger partial charge in [-0.2, -0.15) is 0 Å². The number of aromatic nitrogens is 1. The average Bonchev–Trinajstić information content (AvgIpc) is 2.41. The molecule has 0 radical (unpaired) electrons. The Bertz CT molecular complexity index is 335. The standard InChI is InChI=1S/C9H13NO3S/c1-5-9(14-6(2)10-5)7(11)3-4-8(12)13/h7,11H,3-4H2,1-2H3,(H,12,13). The molecule has 0 fully saturated rings. The maximum absolute atomic E-state index is 10.3. The molecule has 2 N–H and O–H groups in total. The lowest BCUT2D eigenvalue weighted by molar-refractivity contribution is -0.137. The van der Waals surface area contributed by atoms with Crippen LogP contribution in [0.5, 0.6) is 0 Å². The molecular formula is C9H13NO3S. The third-order valence-corrected chi connectivity index (χ3v) is 3.05. The van der Waals surface area contributed by atoms with Crippen LogP contribution in [0.25, 0.3) is 0 Å².